The van der Waals surface area contributed by atoms with Crippen molar-refractivity contribution in [2.75, 3.05) is 5.32 Å². The van der Waals surface area contributed by atoms with Gasteiger partial charge in [0, 0.05) is 0 Å². The van der Waals surface area contributed by atoms with Crippen LogP contribution in [0.2, 0.25) is 5.02 Å². The van der Waals surface area contributed by atoms with Gasteiger partial charge in [-0.05, 0) is 17.7 Å². The summed E-state index contributed by atoms with van der Waals surface area (Å²) in [6, 6.07) is 11.2. The zero-order valence-electron chi connectivity index (χ0n) is 11.2. The molecule has 3 N–H and O–H groups in total. The highest BCUT2D eigenvalue weighted by Crippen LogP contribution is 2.30. The molecule has 1 amide bonds. The molecule has 0 saturated heterocycles. The van der Waals surface area contributed by atoms with Crippen molar-refractivity contribution >= 4 is 29.4 Å². The van der Waals surface area contributed by atoms with Gasteiger partial charge in [0.05, 0.1) is 16.3 Å². The first-order valence-corrected chi connectivity index (χ1v) is 6.58. The zero-order valence-corrected chi connectivity index (χ0v) is 12.0. The molecule has 2 rings (SSSR count). The molecule has 0 fully saturated rings. The summed E-state index contributed by atoms with van der Waals surface area (Å²) in [4.78, 5) is 22.5. The minimum atomic E-state index is -1.28. The minimum absolute atomic E-state index is 0.0342. The van der Waals surface area contributed by atoms with Gasteiger partial charge in [0.1, 0.15) is 12.4 Å². The Morgan fingerprint density at radius 2 is 1.86 bits per heavy atom. The molecule has 0 spiro atoms. The third-order valence-electron chi connectivity index (χ3n) is 2.77. The number of amides is 1. The van der Waals surface area contributed by atoms with Crippen molar-refractivity contribution in [3.05, 3.63) is 58.6 Å². The van der Waals surface area contributed by atoms with Gasteiger partial charge >= 0.3 is 12.1 Å². The fourth-order valence-electron chi connectivity index (χ4n) is 1.69. The van der Waals surface area contributed by atoms with E-state index in [4.69, 9.17) is 21.4 Å². The first kappa shape index (κ1) is 15.7. The first-order valence-electron chi connectivity index (χ1n) is 6.21. The SMILES string of the molecule is O=C(Nc1cc(Cl)c(C(=O)O)cc1O)OCc1ccccc1. The average Bonchev–Trinajstić information content (AvgIpc) is 2.49. The molecular weight excluding hydrogens is 310 g/mol. The lowest BCUT2D eigenvalue weighted by Gasteiger charge is -2.10. The normalized spacial score (nSPS) is 10.0. The van der Waals surface area contributed by atoms with E-state index in [1.54, 1.807) is 12.1 Å². The van der Waals surface area contributed by atoms with Crippen molar-refractivity contribution in [3.8, 4) is 5.75 Å². The number of carbonyl (C=O) groups excluding carboxylic acids is 1. The highest BCUT2D eigenvalue weighted by molar-refractivity contribution is 6.34. The number of aromatic hydroxyl groups is 1. The summed E-state index contributed by atoms with van der Waals surface area (Å²) in [7, 11) is 0. The number of halogens is 1. The standard InChI is InChI=1S/C15H12ClNO5/c16-11-7-12(13(18)6-10(11)14(19)20)17-15(21)22-8-9-4-2-1-3-5-9/h1-7,18H,8H2,(H,17,21)(H,19,20). The number of anilines is 1. The molecule has 6 nitrogen and oxygen atoms in total. The third kappa shape index (κ3) is 3.89. The van der Waals surface area contributed by atoms with E-state index in [0.29, 0.717) is 0 Å². The molecule has 0 atom stereocenters. The molecule has 0 radical (unpaired) electrons. The van der Waals surface area contributed by atoms with E-state index < -0.39 is 17.8 Å². The number of phenols is 1. The van der Waals surface area contributed by atoms with Crippen LogP contribution in [0.5, 0.6) is 5.75 Å². The van der Waals surface area contributed by atoms with Crippen LogP contribution in [0.4, 0.5) is 10.5 Å². The lowest BCUT2D eigenvalue weighted by Crippen LogP contribution is -2.14. The average molecular weight is 322 g/mol. The summed E-state index contributed by atoms with van der Waals surface area (Å²) in [6.07, 6.45) is -0.793. The number of benzene rings is 2. The van der Waals surface area contributed by atoms with Crippen LogP contribution in [0.15, 0.2) is 42.5 Å². The molecule has 7 heteroatoms. The van der Waals surface area contributed by atoms with E-state index in [1.807, 2.05) is 18.2 Å². The molecule has 0 saturated carbocycles. The minimum Gasteiger partial charge on any atom is -0.506 e. The number of rotatable bonds is 4. The largest absolute Gasteiger partial charge is 0.506 e. The molecule has 2 aromatic rings. The van der Waals surface area contributed by atoms with Crippen molar-refractivity contribution < 1.29 is 24.5 Å². The summed E-state index contributed by atoms with van der Waals surface area (Å²) in [5.74, 6) is -1.70. The first-order chi connectivity index (χ1) is 10.5. The highest BCUT2D eigenvalue weighted by Gasteiger charge is 2.15. The number of ether oxygens (including phenoxy) is 1. The van der Waals surface area contributed by atoms with Crippen LogP contribution in [0.25, 0.3) is 0 Å². The number of nitrogens with one attached hydrogen (secondary N) is 1. The Labute approximate surface area is 130 Å². The van der Waals surface area contributed by atoms with Gasteiger partial charge in [0.2, 0.25) is 0 Å². The number of carbonyl (C=O) groups is 2. The van der Waals surface area contributed by atoms with Gasteiger partial charge in [-0.1, -0.05) is 41.9 Å². The van der Waals surface area contributed by atoms with E-state index in [2.05, 4.69) is 5.32 Å². The van der Waals surface area contributed by atoms with Crippen LogP contribution in [0.1, 0.15) is 15.9 Å². The second-order valence-corrected chi connectivity index (χ2v) is 4.75. The molecule has 0 heterocycles. The second-order valence-electron chi connectivity index (χ2n) is 4.34. The maximum atomic E-state index is 11.7. The summed E-state index contributed by atoms with van der Waals surface area (Å²) in [6.45, 7) is 0.0639. The fraction of sp³-hybridized carbons (Fsp3) is 0.0667. The van der Waals surface area contributed by atoms with E-state index in [1.165, 1.54) is 0 Å². The predicted octanol–water partition coefficient (Wildman–Crippen LogP) is 3.49. The number of carboxylic acid groups (broad SMARTS) is 1. The number of aromatic carboxylic acids is 1. The van der Waals surface area contributed by atoms with Crippen molar-refractivity contribution in [1.29, 1.82) is 0 Å². The van der Waals surface area contributed by atoms with Crippen molar-refractivity contribution in [3.63, 3.8) is 0 Å². The Kier molecular flexibility index (Phi) is 4.85. The van der Waals surface area contributed by atoms with Gasteiger partial charge in [0.15, 0.2) is 0 Å². The molecule has 0 unspecified atom stereocenters. The van der Waals surface area contributed by atoms with Crippen LogP contribution in [0.3, 0.4) is 0 Å². The molecule has 114 valence electrons. The van der Waals surface area contributed by atoms with Crippen LogP contribution in [0, 0.1) is 0 Å². The lowest BCUT2D eigenvalue weighted by atomic mass is 10.2. The van der Waals surface area contributed by atoms with Gasteiger partial charge in [0.25, 0.3) is 0 Å². The fourth-order valence-corrected chi connectivity index (χ4v) is 1.94. The van der Waals surface area contributed by atoms with Crippen LogP contribution < -0.4 is 5.32 Å². The molecule has 2 aromatic carbocycles. The monoisotopic (exact) mass is 321 g/mol. The zero-order chi connectivity index (χ0) is 16.1. The van der Waals surface area contributed by atoms with Gasteiger partial charge in [-0.3, -0.25) is 5.32 Å². The smallest absolute Gasteiger partial charge is 0.412 e. The highest BCUT2D eigenvalue weighted by atomic mass is 35.5. The van der Waals surface area contributed by atoms with E-state index in [0.717, 1.165) is 17.7 Å². The van der Waals surface area contributed by atoms with Crippen LogP contribution >= 0.6 is 11.6 Å². The molecule has 0 aromatic heterocycles. The lowest BCUT2D eigenvalue weighted by molar-refractivity contribution is 0.0696. The van der Waals surface area contributed by atoms with Crippen LogP contribution in [-0.4, -0.2) is 22.3 Å². The van der Waals surface area contributed by atoms with E-state index in [-0.39, 0.29) is 22.9 Å². The van der Waals surface area contributed by atoms with Gasteiger partial charge in [-0.25, -0.2) is 9.59 Å². The Hall–Kier alpha value is -2.73. The Balaban J connectivity index is 2.02. The molecule has 22 heavy (non-hydrogen) atoms. The number of phenolic OH excluding ortho intramolecular Hbond substituents is 1. The summed E-state index contributed by atoms with van der Waals surface area (Å²) in [5.41, 5.74) is 0.511. The topological polar surface area (TPSA) is 95.9 Å². The molecule has 0 aliphatic carbocycles. The maximum Gasteiger partial charge on any atom is 0.412 e. The number of hydrogen-bond donors (Lipinski definition) is 3. The van der Waals surface area contributed by atoms with E-state index >= 15 is 0 Å². The van der Waals surface area contributed by atoms with Gasteiger partial charge in [-0.15, -0.1) is 0 Å². The Bertz CT molecular complexity index is 703. The van der Waals surface area contributed by atoms with E-state index in [9.17, 15) is 14.7 Å². The third-order valence-corrected chi connectivity index (χ3v) is 3.08. The number of hydrogen-bond acceptors (Lipinski definition) is 4. The van der Waals surface area contributed by atoms with Crippen molar-refractivity contribution in [1.82, 2.24) is 0 Å². The maximum absolute atomic E-state index is 11.7. The number of carboxylic acids is 1. The summed E-state index contributed by atoms with van der Waals surface area (Å²) >= 11 is 5.77. The molecular formula is C15H12ClNO5. The molecule has 0 aliphatic rings. The second kappa shape index (κ2) is 6.82. The van der Waals surface area contributed by atoms with Gasteiger partial charge < -0.3 is 14.9 Å². The molecule has 0 aliphatic heterocycles. The summed E-state index contributed by atoms with van der Waals surface area (Å²) < 4.78 is 4.98. The van der Waals surface area contributed by atoms with Gasteiger partial charge in [-0.2, -0.15) is 0 Å². The van der Waals surface area contributed by atoms with Crippen molar-refractivity contribution in [2.45, 2.75) is 6.61 Å². The Morgan fingerprint density at radius 1 is 1.18 bits per heavy atom. The van der Waals surface area contributed by atoms with Crippen molar-refractivity contribution in [2.24, 2.45) is 0 Å². The van der Waals surface area contributed by atoms with Crippen LogP contribution in [-0.2, 0) is 11.3 Å². The molecule has 0 bridgehead atoms. The Morgan fingerprint density at radius 3 is 2.50 bits per heavy atom. The quantitative estimate of drug-likeness (QED) is 0.749. The summed E-state index contributed by atoms with van der Waals surface area (Å²) in [5, 5.41) is 20.8. The predicted molar refractivity (Wildman–Crippen MR) is 80.3 cm³/mol.